The Balaban J connectivity index is 2.52. The van der Waals surface area contributed by atoms with Crippen LogP contribution in [0.25, 0.3) is 11.3 Å². The highest BCUT2D eigenvalue weighted by atomic mass is 35.5. The molecular weight excluding hydrogens is 210 g/mol. The average Bonchev–Trinajstić information content (AvgIpc) is 2.61. The van der Waals surface area contributed by atoms with E-state index >= 15 is 0 Å². The maximum atomic E-state index is 5.87. The molecule has 0 fully saturated rings. The summed E-state index contributed by atoms with van der Waals surface area (Å²) in [5, 5.41) is 4.91. The number of hydrogen-bond donors (Lipinski definition) is 1. The Morgan fingerprint density at radius 3 is 2.60 bits per heavy atom. The first-order valence-electron chi connectivity index (χ1n) is 4.79. The summed E-state index contributed by atoms with van der Waals surface area (Å²) in [5.74, 6) is 0. The van der Waals surface area contributed by atoms with Crippen LogP contribution >= 0.6 is 11.6 Å². The largest absolute Gasteiger partial charge is 0.396 e. The molecule has 0 spiro atoms. The molecule has 2 rings (SSSR count). The minimum absolute atomic E-state index is 0.694. The van der Waals surface area contributed by atoms with Gasteiger partial charge in [-0.1, -0.05) is 23.7 Å². The third kappa shape index (κ3) is 1.83. The van der Waals surface area contributed by atoms with E-state index in [4.69, 9.17) is 17.3 Å². The van der Waals surface area contributed by atoms with E-state index in [1.165, 1.54) is 0 Å². The van der Waals surface area contributed by atoms with Crippen LogP contribution < -0.4 is 5.73 Å². The van der Waals surface area contributed by atoms with Gasteiger partial charge in [0.15, 0.2) is 0 Å². The van der Waals surface area contributed by atoms with E-state index in [0.29, 0.717) is 5.69 Å². The molecular formula is C11H12ClN3. The fourth-order valence-corrected chi connectivity index (χ4v) is 1.69. The number of aryl methyl sites for hydroxylation is 1. The quantitative estimate of drug-likeness (QED) is 0.848. The van der Waals surface area contributed by atoms with Crippen molar-refractivity contribution < 1.29 is 0 Å². The van der Waals surface area contributed by atoms with E-state index in [-0.39, 0.29) is 0 Å². The highest BCUT2D eigenvalue weighted by molar-refractivity contribution is 6.30. The molecule has 2 N–H and O–H groups in total. The molecule has 15 heavy (non-hydrogen) atoms. The Bertz CT molecular complexity index is 459. The average molecular weight is 222 g/mol. The first-order valence-corrected chi connectivity index (χ1v) is 5.17. The van der Waals surface area contributed by atoms with Crippen molar-refractivity contribution in [2.75, 3.05) is 5.73 Å². The van der Waals surface area contributed by atoms with E-state index in [2.05, 4.69) is 5.10 Å². The number of rotatable bonds is 2. The molecule has 0 aliphatic heterocycles. The molecule has 0 amide bonds. The number of hydrogen-bond acceptors (Lipinski definition) is 2. The lowest BCUT2D eigenvalue weighted by molar-refractivity contribution is 0.667. The summed E-state index contributed by atoms with van der Waals surface area (Å²) < 4.78 is 1.87. The van der Waals surface area contributed by atoms with Crippen LogP contribution in [0.2, 0.25) is 5.02 Å². The van der Waals surface area contributed by atoms with Crippen LogP contribution in [0.3, 0.4) is 0 Å². The number of nitrogen functional groups attached to an aromatic ring is 1. The zero-order chi connectivity index (χ0) is 10.8. The van der Waals surface area contributed by atoms with Gasteiger partial charge in [-0.2, -0.15) is 5.10 Å². The van der Waals surface area contributed by atoms with Crippen molar-refractivity contribution in [3.05, 3.63) is 35.5 Å². The van der Waals surface area contributed by atoms with Gasteiger partial charge in [-0.3, -0.25) is 4.68 Å². The second-order valence-electron chi connectivity index (χ2n) is 3.27. The topological polar surface area (TPSA) is 43.8 Å². The van der Waals surface area contributed by atoms with Gasteiger partial charge < -0.3 is 5.73 Å². The first-order chi connectivity index (χ1) is 7.22. The Kier molecular flexibility index (Phi) is 2.64. The first kappa shape index (κ1) is 10.1. The fourth-order valence-electron chi connectivity index (χ4n) is 1.56. The van der Waals surface area contributed by atoms with Gasteiger partial charge in [0, 0.05) is 17.1 Å². The Morgan fingerprint density at radius 2 is 2.00 bits per heavy atom. The second kappa shape index (κ2) is 3.95. The van der Waals surface area contributed by atoms with E-state index in [1.54, 1.807) is 6.20 Å². The highest BCUT2D eigenvalue weighted by Gasteiger charge is 2.08. The number of benzene rings is 1. The molecule has 0 saturated carbocycles. The van der Waals surface area contributed by atoms with Gasteiger partial charge >= 0.3 is 0 Å². The van der Waals surface area contributed by atoms with Crippen molar-refractivity contribution in [3.8, 4) is 11.3 Å². The summed E-state index contributed by atoms with van der Waals surface area (Å²) in [6, 6.07) is 7.59. The monoisotopic (exact) mass is 221 g/mol. The van der Waals surface area contributed by atoms with Crippen molar-refractivity contribution >= 4 is 17.3 Å². The number of nitrogens with zero attached hydrogens (tertiary/aromatic N) is 2. The van der Waals surface area contributed by atoms with Crippen molar-refractivity contribution in [2.24, 2.45) is 0 Å². The molecule has 2 aromatic rings. The van der Waals surface area contributed by atoms with E-state index in [1.807, 2.05) is 35.9 Å². The van der Waals surface area contributed by atoms with Crippen LogP contribution in [0, 0.1) is 0 Å². The van der Waals surface area contributed by atoms with Gasteiger partial charge in [-0.15, -0.1) is 0 Å². The standard InChI is InChI=1S/C11H12ClN3/c1-2-15-11(10(13)7-14-15)8-3-5-9(12)6-4-8/h3-7H,2,13H2,1H3. The number of aromatic nitrogens is 2. The third-order valence-corrected chi connectivity index (χ3v) is 2.54. The van der Waals surface area contributed by atoms with Crippen LogP contribution in [0.5, 0.6) is 0 Å². The molecule has 0 radical (unpaired) electrons. The van der Waals surface area contributed by atoms with Gasteiger partial charge in [0.2, 0.25) is 0 Å². The summed E-state index contributed by atoms with van der Waals surface area (Å²) in [4.78, 5) is 0. The molecule has 0 aliphatic carbocycles. The van der Waals surface area contributed by atoms with Crippen molar-refractivity contribution in [3.63, 3.8) is 0 Å². The van der Waals surface area contributed by atoms with E-state index < -0.39 is 0 Å². The summed E-state index contributed by atoms with van der Waals surface area (Å²) in [7, 11) is 0. The molecule has 1 aromatic carbocycles. The zero-order valence-corrected chi connectivity index (χ0v) is 9.20. The molecule has 4 heteroatoms. The van der Waals surface area contributed by atoms with Gasteiger partial charge in [-0.25, -0.2) is 0 Å². The maximum Gasteiger partial charge on any atom is 0.0911 e. The highest BCUT2D eigenvalue weighted by Crippen LogP contribution is 2.26. The minimum Gasteiger partial charge on any atom is -0.396 e. The van der Waals surface area contributed by atoms with Crippen molar-refractivity contribution in [1.82, 2.24) is 9.78 Å². The van der Waals surface area contributed by atoms with Gasteiger partial charge in [0.25, 0.3) is 0 Å². The molecule has 0 bridgehead atoms. The number of nitrogens with two attached hydrogens (primary N) is 1. The number of halogens is 1. The lowest BCUT2D eigenvalue weighted by Crippen LogP contribution is -1.99. The predicted octanol–water partition coefficient (Wildman–Crippen LogP) is 2.81. The normalized spacial score (nSPS) is 10.5. The van der Waals surface area contributed by atoms with Gasteiger partial charge in [0.1, 0.15) is 0 Å². The molecule has 3 nitrogen and oxygen atoms in total. The summed E-state index contributed by atoms with van der Waals surface area (Å²) >= 11 is 5.83. The van der Waals surface area contributed by atoms with Crippen LogP contribution in [0.4, 0.5) is 5.69 Å². The molecule has 1 heterocycles. The van der Waals surface area contributed by atoms with Gasteiger partial charge in [-0.05, 0) is 19.1 Å². The lowest BCUT2D eigenvalue weighted by Gasteiger charge is -2.05. The summed E-state index contributed by atoms with van der Waals surface area (Å²) in [6.45, 7) is 2.83. The van der Waals surface area contributed by atoms with Crippen LogP contribution in [-0.2, 0) is 6.54 Å². The predicted molar refractivity (Wildman–Crippen MR) is 62.8 cm³/mol. The number of anilines is 1. The summed E-state index contributed by atoms with van der Waals surface area (Å²) in [5.41, 5.74) is 8.56. The zero-order valence-electron chi connectivity index (χ0n) is 8.44. The lowest BCUT2D eigenvalue weighted by atomic mass is 10.1. The summed E-state index contributed by atoms with van der Waals surface area (Å²) in [6.07, 6.45) is 1.67. The molecule has 0 saturated heterocycles. The smallest absolute Gasteiger partial charge is 0.0911 e. The Hall–Kier alpha value is -1.48. The minimum atomic E-state index is 0.694. The van der Waals surface area contributed by atoms with Gasteiger partial charge in [0.05, 0.1) is 17.6 Å². The molecule has 1 aromatic heterocycles. The fraction of sp³-hybridized carbons (Fsp3) is 0.182. The van der Waals surface area contributed by atoms with E-state index in [0.717, 1.165) is 22.8 Å². The second-order valence-corrected chi connectivity index (χ2v) is 3.71. The van der Waals surface area contributed by atoms with Crippen LogP contribution in [0.1, 0.15) is 6.92 Å². The Labute approximate surface area is 93.5 Å². The molecule has 0 unspecified atom stereocenters. The molecule has 0 atom stereocenters. The van der Waals surface area contributed by atoms with Crippen molar-refractivity contribution in [2.45, 2.75) is 13.5 Å². The van der Waals surface area contributed by atoms with Crippen molar-refractivity contribution in [1.29, 1.82) is 0 Å². The molecule has 78 valence electrons. The van der Waals surface area contributed by atoms with E-state index in [9.17, 15) is 0 Å². The van der Waals surface area contributed by atoms with Crippen LogP contribution in [-0.4, -0.2) is 9.78 Å². The van der Waals surface area contributed by atoms with Crippen LogP contribution in [0.15, 0.2) is 30.5 Å². The maximum absolute atomic E-state index is 5.87. The SMILES string of the molecule is CCn1ncc(N)c1-c1ccc(Cl)cc1. The molecule has 0 aliphatic rings. The Morgan fingerprint density at radius 1 is 1.33 bits per heavy atom. The third-order valence-electron chi connectivity index (χ3n) is 2.28.